The lowest BCUT2D eigenvalue weighted by atomic mass is 10.1. The second kappa shape index (κ2) is 6.38. The molecule has 1 N–H and O–H groups in total. The number of ether oxygens (including phenoxy) is 1. The van der Waals surface area contributed by atoms with Gasteiger partial charge in [-0.2, -0.15) is 5.26 Å². The van der Waals surface area contributed by atoms with Crippen molar-refractivity contribution in [3.63, 3.8) is 0 Å². The molecule has 0 spiro atoms. The number of aliphatic hydroxyl groups excluding tert-OH is 1. The highest BCUT2D eigenvalue weighted by Crippen LogP contribution is 2.28. The van der Waals surface area contributed by atoms with Crippen molar-refractivity contribution in [2.45, 2.75) is 19.6 Å². The molecule has 1 unspecified atom stereocenters. The maximum atomic E-state index is 9.47. The Hall–Kier alpha value is -2.09. The van der Waals surface area contributed by atoms with Crippen LogP contribution in [-0.4, -0.2) is 10.1 Å². The van der Waals surface area contributed by atoms with E-state index in [4.69, 9.17) is 21.6 Å². The van der Waals surface area contributed by atoms with E-state index in [2.05, 4.69) is 4.98 Å². The van der Waals surface area contributed by atoms with Gasteiger partial charge in [0.1, 0.15) is 24.1 Å². The molecule has 0 aliphatic heterocycles. The Labute approximate surface area is 122 Å². The molecule has 2 rings (SSSR count). The summed E-state index contributed by atoms with van der Waals surface area (Å²) >= 11 is 6.10. The molecule has 0 amide bonds. The molecule has 1 atom stereocenters. The first-order valence-corrected chi connectivity index (χ1v) is 6.44. The predicted octanol–water partition coefficient (Wildman–Crippen LogP) is 3.24. The number of nitriles is 1. The van der Waals surface area contributed by atoms with Crippen molar-refractivity contribution in [2.75, 3.05) is 0 Å². The zero-order chi connectivity index (χ0) is 14.5. The average Bonchev–Trinajstić information content (AvgIpc) is 2.46. The van der Waals surface area contributed by atoms with E-state index in [9.17, 15) is 5.11 Å². The van der Waals surface area contributed by atoms with E-state index in [1.165, 1.54) is 0 Å². The summed E-state index contributed by atoms with van der Waals surface area (Å²) < 4.78 is 5.60. The fourth-order valence-electron chi connectivity index (χ4n) is 1.71. The molecule has 4 nitrogen and oxygen atoms in total. The Balaban J connectivity index is 2.14. The zero-order valence-corrected chi connectivity index (χ0v) is 11.6. The summed E-state index contributed by atoms with van der Waals surface area (Å²) in [7, 11) is 0. The molecule has 1 aromatic heterocycles. The van der Waals surface area contributed by atoms with Crippen molar-refractivity contribution in [1.82, 2.24) is 4.98 Å². The van der Waals surface area contributed by atoms with Crippen LogP contribution in [0.15, 0.2) is 36.5 Å². The van der Waals surface area contributed by atoms with Gasteiger partial charge in [0.25, 0.3) is 0 Å². The molecule has 1 aromatic carbocycles. The number of nitrogens with zero attached hydrogens (tertiary/aromatic N) is 2. The third kappa shape index (κ3) is 3.27. The zero-order valence-electron chi connectivity index (χ0n) is 10.9. The van der Waals surface area contributed by atoms with Crippen molar-refractivity contribution < 1.29 is 9.84 Å². The second-order valence-corrected chi connectivity index (χ2v) is 4.68. The number of aromatic nitrogens is 1. The largest absolute Gasteiger partial charge is 0.487 e. The Bertz CT molecular complexity index is 651. The van der Waals surface area contributed by atoms with Crippen LogP contribution in [0.1, 0.15) is 29.8 Å². The number of benzene rings is 1. The van der Waals surface area contributed by atoms with E-state index in [-0.39, 0.29) is 6.61 Å². The van der Waals surface area contributed by atoms with Gasteiger partial charge in [-0.3, -0.25) is 0 Å². The van der Waals surface area contributed by atoms with E-state index in [0.29, 0.717) is 22.0 Å². The van der Waals surface area contributed by atoms with Gasteiger partial charge in [0.15, 0.2) is 0 Å². The number of halogens is 1. The van der Waals surface area contributed by atoms with Gasteiger partial charge >= 0.3 is 0 Å². The fraction of sp³-hybridized carbons (Fsp3) is 0.200. The Morgan fingerprint density at radius 2 is 2.25 bits per heavy atom. The number of rotatable bonds is 4. The van der Waals surface area contributed by atoms with Crippen molar-refractivity contribution in [3.8, 4) is 11.8 Å². The highest BCUT2D eigenvalue weighted by Gasteiger charge is 2.08. The lowest BCUT2D eigenvalue weighted by Gasteiger charge is -2.11. The highest BCUT2D eigenvalue weighted by molar-refractivity contribution is 6.32. The molecular weight excluding hydrogens is 276 g/mol. The minimum Gasteiger partial charge on any atom is -0.487 e. The van der Waals surface area contributed by atoms with Crippen LogP contribution < -0.4 is 4.74 Å². The third-order valence-electron chi connectivity index (χ3n) is 2.82. The summed E-state index contributed by atoms with van der Waals surface area (Å²) in [5.41, 5.74) is 1.76. The van der Waals surface area contributed by atoms with Crippen LogP contribution in [0, 0.1) is 11.3 Å². The van der Waals surface area contributed by atoms with Gasteiger partial charge in [0.2, 0.25) is 0 Å². The van der Waals surface area contributed by atoms with Crippen LogP contribution in [0.25, 0.3) is 0 Å². The summed E-state index contributed by atoms with van der Waals surface area (Å²) in [5, 5.41) is 18.8. The number of hydrogen-bond acceptors (Lipinski definition) is 4. The number of aliphatic hydroxyl groups is 1. The highest BCUT2D eigenvalue weighted by atomic mass is 35.5. The van der Waals surface area contributed by atoms with Gasteiger partial charge in [-0.05, 0) is 30.7 Å². The van der Waals surface area contributed by atoms with E-state index < -0.39 is 6.10 Å². The maximum Gasteiger partial charge on any atom is 0.147 e. The van der Waals surface area contributed by atoms with Gasteiger partial charge in [-0.15, -0.1) is 0 Å². The van der Waals surface area contributed by atoms with E-state index >= 15 is 0 Å². The first-order valence-electron chi connectivity index (χ1n) is 6.06. The van der Waals surface area contributed by atoms with Crippen LogP contribution in [-0.2, 0) is 6.61 Å². The lowest BCUT2D eigenvalue weighted by molar-refractivity contribution is 0.199. The first kappa shape index (κ1) is 14.3. The van der Waals surface area contributed by atoms with E-state index in [0.717, 1.165) is 5.56 Å². The second-order valence-electron chi connectivity index (χ2n) is 4.28. The summed E-state index contributed by atoms with van der Waals surface area (Å²) in [6.07, 6.45) is 0.983. The maximum absolute atomic E-state index is 9.47. The molecule has 0 saturated heterocycles. The monoisotopic (exact) mass is 288 g/mol. The summed E-state index contributed by atoms with van der Waals surface area (Å²) in [5.74, 6) is 0.504. The van der Waals surface area contributed by atoms with Crippen molar-refractivity contribution in [2.24, 2.45) is 0 Å². The Kier molecular flexibility index (Phi) is 4.57. The summed E-state index contributed by atoms with van der Waals surface area (Å²) in [6.45, 7) is 1.88. The molecule has 5 heteroatoms. The van der Waals surface area contributed by atoms with Crippen molar-refractivity contribution >= 4 is 11.6 Å². The first-order chi connectivity index (χ1) is 9.61. The summed E-state index contributed by atoms with van der Waals surface area (Å²) in [4.78, 5) is 3.96. The average molecular weight is 289 g/mol. The van der Waals surface area contributed by atoms with Gasteiger partial charge in [0, 0.05) is 11.8 Å². The molecule has 0 saturated carbocycles. The van der Waals surface area contributed by atoms with Crippen LogP contribution in [0.2, 0.25) is 5.02 Å². The fourth-order valence-corrected chi connectivity index (χ4v) is 1.95. The van der Waals surface area contributed by atoms with Gasteiger partial charge in [-0.25, -0.2) is 4.98 Å². The molecule has 0 aliphatic rings. The molecule has 2 aromatic rings. The third-order valence-corrected chi connectivity index (χ3v) is 3.11. The quantitative estimate of drug-likeness (QED) is 0.938. The van der Waals surface area contributed by atoms with Crippen LogP contribution in [0.3, 0.4) is 0 Å². The minimum absolute atomic E-state index is 0.213. The van der Waals surface area contributed by atoms with Crippen LogP contribution in [0.4, 0.5) is 0 Å². The molecule has 0 aliphatic carbocycles. The van der Waals surface area contributed by atoms with Crippen molar-refractivity contribution in [3.05, 3.63) is 58.4 Å². The van der Waals surface area contributed by atoms with Gasteiger partial charge in [0.05, 0.1) is 11.1 Å². The molecule has 20 heavy (non-hydrogen) atoms. The lowest BCUT2D eigenvalue weighted by Crippen LogP contribution is -2.00. The van der Waals surface area contributed by atoms with E-state index in [1.54, 1.807) is 43.5 Å². The van der Waals surface area contributed by atoms with Gasteiger partial charge in [-0.1, -0.05) is 23.7 Å². The van der Waals surface area contributed by atoms with Crippen molar-refractivity contribution in [1.29, 1.82) is 5.26 Å². The van der Waals surface area contributed by atoms with Crippen LogP contribution >= 0.6 is 11.6 Å². The molecule has 102 valence electrons. The summed E-state index contributed by atoms with van der Waals surface area (Å²) in [6, 6.07) is 10.7. The standard InChI is InChI=1S/C15H13ClN2O2/c1-10(19)11-4-5-15(13(16)7-11)20-9-12-3-2-6-18-14(12)8-17/h2-7,10,19H,9H2,1H3. The number of hydrogen-bond donors (Lipinski definition) is 1. The topological polar surface area (TPSA) is 66.1 Å². The Morgan fingerprint density at radius 3 is 2.90 bits per heavy atom. The number of pyridine rings is 1. The molecule has 0 radical (unpaired) electrons. The van der Waals surface area contributed by atoms with Gasteiger partial charge < -0.3 is 9.84 Å². The molecule has 1 heterocycles. The Morgan fingerprint density at radius 1 is 1.45 bits per heavy atom. The minimum atomic E-state index is -0.579. The smallest absolute Gasteiger partial charge is 0.147 e. The molecular formula is C15H13ClN2O2. The molecule has 0 fully saturated rings. The van der Waals surface area contributed by atoms with Crippen LogP contribution in [0.5, 0.6) is 5.75 Å². The molecule has 0 bridgehead atoms. The van der Waals surface area contributed by atoms with E-state index in [1.807, 2.05) is 6.07 Å². The SMILES string of the molecule is CC(O)c1ccc(OCc2cccnc2C#N)c(Cl)c1. The predicted molar refractivity (Wildman–Crippen MR) is 75.4 cm³/mol. The normalized spacial score (nSPS) is 11.7.